The summed E-state index contributed by atoms with van der Waals surface area (Å²) in [5.74, 6) is -3.52. The molecule has 6 heteroatoms. The van der Waals surface area contributed by atoms with Crippen molar-refractivity contribution < 1.29 is 23.8 Å². The van der Waals surface area contributed by atoms with Crippen molar-refractivity contribution in [2.24, 2.45) is 0 Å². The Hall–Kier alpha value is -2.44. The van der Waals surface area contributed by atoms with Crippen molar-refractivity contribution in [1.82, 2.24) is 0 Å². The number of hydrogen-bond donors (Lipinski definition) is 1. The van der Waals surface area contributed by atoms with Crippen molar-refractivity contribution >= 4 is 32.7 Å². The SMILES string of the molecule is COC(=O)[C@@]1(O)C[C@H](c2cc(F)ccc2Br)c2ccc3ccccc3c2O1. The fourth-order valence-electron chi connectivity index (χ4n) is 3.59. The summed E-state index contributed by atoms with van der Waals surface area (Å²) >= 11 is 3.45. The summed E-state index contributed by atoms with van der Waals surface area (Å²) in [7, 11) is 1.19. The lowest BCUT2D eigenvalue weighted by molar-refractivity contribution is -0.202. The number of hydrogen-bond acceptors (Lipinski definition) is 4. The van der Waals surface area contributed by atoms with Gasteiger partial charge in [-0.3, -0.25) is 0 Å². The number of rotatable bonds is 2. The second-order valence-corrected chi connectivity index (χ2v) is 7.36. The van der Waals surface area contributed by atoms with E-state index in [-0.39, 0.29) is 6.42 Å². The van der Waals surface area contributed by atoms with E-state index >= 15 is 0 Å². The predicted molar refractivity (Wildman–Crippen MR) is 102 cm³/mol. The Labute approximate surface area is 163 Å². The molecule has 0 saturated heterocycles. The maximum Gasteiger partial charge on any atom is 0.379 e. The summed E-state index contributed by atoms with van der Waals surface area (Å²) in [5, 5.41) is 12.6. The molecule has 1 N–H and O–H groups in total. The molecule has 3 aromatic rings. The molecule has 0 saturated carbocycles. The lowest BCUT2D eigenvalue weighted by Crippen LogP contribution is -2.49. The van der Waals surface area contributed by atoms with Gasteiger partial charge in [-0.15, -0.1) is 0 Å². The summed E-state index contributed by atoms with van der Waals surface area (Å²) in [6.45, 7) is 0. The molecule has 0 aromatic heterocycles. The zero-order valence-corrected chi connectivity index (χ0v) is 16.0. The second-order valence-electron chi connectivity index (χ2n) is 6.51. The molecular weight excluding hydrogens is 415 g/mol. The number of benzene rings is 3. The molecule has 1 heterocycles. The molecule has 2 atom stereocenters. The predicted octanol–water partition coefficient (Wildman–Crippen LogP) is 4.52. The maximum absolute atomic E-state index is 13.9. The molecular formula is C21H16BrFO4. The highest BCUT2D eigenvalue weighted by molar-refractivity contribution is 9.10. The normalized spacial score (nSPS) is 21.4. The number of esters is 1. The van der Waals surface area contributed by atoms with Crippen LogP contribution in [0.1, 0.15) is 23.5 Å². The van der Waals surface area contributed by atoms with Crippen LogP contribution in [-0.2, 0) is 9.53 Å². The van der Waals surface area contributed by atoms with E-state index in [1.165, 1.54) is 19.2 Å². The van der Waals surface area contributed by atoms with E-state index < -0.39 is 23.5 Å². The first-order chi connectivity index (χ1) is 12.9. The quantitative estimate of drug-likeness (QED) is 0.607. The van der Waals surface area contributed by atoms with Gasteiger partial charge in [0, 0.05) is 27.8 Å². The van der Waals surface area contributed by atoms with Crippen LogP contribution in [0.25, 0.3) is 10.8 Å². The highest BCUT2D eigenvalue weighted by Gasteiger charge is 2.48. The molecule has 0 fully saturated rings. The van der Waals surface area contributed by atoms with Crippen LogP contribution in [0.15, 0.2) is 59.1 Å². The minimum absolute atomic E-state index is 0.0902. The van der Waals surface area contributed by atoms with Gasteiger partial charge in [-0.25, -0.2) is 9.18 Å². The molecule has 0 bridgehead atoms. The van der Waals surface area contributed by atoms with Crippen LogP contribution in [0.4, 0.5) is 4.39 Å². The van der Waals surface area contributed by atoms with Crippen LogP contribution in [0, 0.1) is 5.82 Å². The van der Waals surface area contributed by atoms with Crippen molar-refractivity contribution in [3.63, 3.8) is 0 Å². The Kier molecular flexibility index (Phi) is 4.40. The number of fused-ring (bicyclic) bond motifs is 3. The summed E-state index contributed by atoms with van der Waals surface area (Å²) in [6.07, 6.45) is -0.0902. The molecule has 1 aliphatic heterocycles. The second kappa shape index (κ2) is 6.62. The summed E-state index contributed by atoms with van der Waals surface area (Å²) in [4.78, 5) is 12.3. The largest absolute Gasteiger partial charge is 0.464 e. The molecule has 0 aliphatic carbocycles. The maximum atomic E-state index is 13.9. The highest BCUT2D eigenvalue weighted by atomic mass is 79.9. The van der Waals surface area contributed by atoms with Crippen molar-refractivity contribution in [2.45, 2.75) is 18.1 Å². The third-order valence-electron chi connectivity index (χ3n) is 4.87. The Morgan fingerprint density at radius 1 is 1.22 bits per heavy atom. The number of halogens is 2. The van der Waals surface area contributed by atoms with Crippen LogP contribution < -0.4 is 4.74 Å². The number of ether oxygens (including phenoxy) is 2. The Morgan fingerprint density at radius 3 is 2.78 bits per heavy atom. The number of methoxy groups -OCH3 is 1. The van der Waals surface area contributed by atoms with Gasteiger partial charge in [0.1, 0.15) is 11.6 Å². The fraction of sp³-hybridized carbons (Fsp3) is 0.190. The number of carbonyl (C=O) groups is 1. The van der Waals surface area contributed by atoms with E-state index in [2.05, 4.69) is 15.9 Å². The van der Waals surface area contributed by atoms with Crippen LogP contribution in [0.5, 0.6) is 5.75 Å². The van der Waals surface area contributed by atoms with Crippen molar-refractivity contribution in [3.8, 4) is 5.75 Å². The zero-order valence-electron chi connectivity index (χ0n) is 14.4. The molecule has 27 heavy (non-hydrogen) atoms. The van der Waals surface area contributed by atoms with E-state index in [4.69, 9.17) is 9.47 Å². The Morgan fingerprint density at radius 2 is 2.00 bits per heavy atom. The van der Waals surface area contributed by atoms with E-state index in [0.29, 0.717) is 15.8 Å². The monoisotopic (exact) mass is 430 g/mol. The molecule has 4 rings (SSSR count). The summed E-state index contributed by atoms with van der Waals surface area (Å²) < 4.78 is 25.2. The van der Waals surface area contributed by atoms with Crippen molar-refractivity contribution in [3.05, 3.63) is 76.0 Å². The summed E-state index contributed by atoms with van der Waals surface area (Å²) in [5.41, 5.74) is 1.39. The average Bonchev–Trinajstić information content (AvgIpc) is 2.68. The fourth-order valence-corrected chi connectivity index (χ4v) is 4.11. The van der Waals surface area contributed by atoms with Crippen LogP contribution in [0.3, 0.4) is 0 Å². The first-order valence-electron chi connectivity index (χ1n) is 8.39. The van der Waals surface area contributed by atoms with Crippen LogP contribution >= 0.6 is 15.9 Å². The third-order valence-corrected chi connectivity index (χ3v) is 5.60. The molecule has 0 spiro atoms. The van der Waals surface area contributed by atoms with Gasteiger partial charge in [-0.2, -0.15) is 0 Å². The molecule has 4 nitrogen and oxygen atoms in total. The lowest BCUT2D eigenvalue weighted by atomic mass is 9.81. The zero-order chi connectivity index (χ0) is 19.2. The van der Waals surface area contributed by atoms with Crippen LogP contribution in [-0.4, -0.2) is 24.0 Å². The van der Waals surface area contributed by atoms with Crippen LogP contribution in [0.2, 0.25) is 0 Å². The van der Waals surface area contributed by atoms with E-state index in [1.54, 1.807) is 6.07 Å². The van der Waals surface area contributed by atoms with Crippen molar-refractivity contribution in [1.29, 1.82) is 0 Å². The minimum atomic E-state index is -2.16. The highest BCUT2D eigenvalue weighted by Crippen LogP contribution is 2.48. The number of aliphatic hydroxyl groups is 1. The smallest absolute Gasteiger partial charge is 0.379 e. The minimum Gasteiger partial charge on any atom is -0.464 e. The first kappa shape index (κ1) is 17.9. The first-order valence-corrected chi connectivity index (χ1v) is 9.18. The van der Waals surface area contributed by atoms with Gasteiger partial charge in [0.15, 0.2) is 0 Å². The third kappa shape index (κ3) is 2.99. The van der Waals surface area contributed by atoms with Gasteiger partial charge in [0.05, 0.1) is 7.11 Å². The van der Waals surface area contributed by atoms with Gasteiger partial charge in [0.25, 0.3) is 0 Å². The Bertz CT molecular complexity index is 1050. The molecule has 0 unspecified atom stereocenters. The molecule has 138 valence electrons. The topological polar surface area (TPSA) is 55.8 Å². The van der Waals surface area contributed by atoms with Gasteiger partial charge in [-0.1, -0.05) is 52.3 Å². The van der Waals surface area contributed by atoms with E-state index in [9.17, 15) is 14.3 Å². The molecule has 0 radical (unpaired) electrons. The standard InChI is InChI=1S/C21H16BrFO4/c1-26-20(24)21(25)11-17(16-10-13(23)7-9-18(16)22)15-8-6-12-4-2-3-5-14(12)19(15)27-21/h2-10,17,25H,11H2,1H3/t17-,21+/m0/s1. The lowest BCUT2D eigenvalue weighted by Gasteiger charge is -2.37. The van der Waals surface area contributed by atoms with Crippen molar-refractivity contribution in [2.75, 3.05) is 7.11 Å². The molecule has 0 amide bonds. The average molecular weight is 431 g/mol. The van der Waals surface area contributed by atoms with E-state index in [1.807, 2.05) is 36.4 Å². The molecule has 3 aromatic carbocycles. The van der Waals surface area contributed by atoms with Gasteiger partial charge >= 0.3 is 11.8 Å². The van der Waals surface area contributed by atoms with Gasteiger partial charge < -0.3 is 14.6 Å². The number of carbonyl (C=O) groups excluding carboxylic acids is 1. The summed E-state index contributed by atoms with van der Waals surface area (Å²) in [6, 6.07) is 15.7. The molecule has 1 aliphatic rings. The Balaban J connectivity index is 1.98. The van der Waals surface area contributed by atoms with Gasteiger partial charge in [0.2, 0.25) is 0 Å². The van der Waals surface area contributed by atoms with Gasteiger partial charge in [-0.05, 0) is 29.1 Å². The van der Waals surface area contributed by atoms with E-state index in [0.717, 1.165) is 16.3 Å².